The van der Waals surface area contributed by atoms with Gasteiger partial charge in [-0.15, -0.1) is 0 Å². The maximum atomic E-state index is 5.52. The molecule has 1 aromatic heterocycles. The molecule has 0 fully saturated rings. The predicted molar refractivity (Wildman–Crippen MR) is 82.3 cm³/mol. The first-order valence-electron chi connectivity index (χ1n) is 5.35. The zero-order chi connectivity index (χ0) is 13.1. The average Bonchev–Trinajstić information content (AvgIpc) is 2.33. The van der Waals surface area contributed by atoms with Gasteiger partial charge in [0.15, 0.2) is 0 Å². The van der Waals surface area contributed by atoms with Crippen molar-refractivity contribution in [3.05, 3.63) is 52.1 Å². The molecule has 18 heavy (non-hydrogen) atoms. The van der Waals surface area contributed by atoms with Crippen LogP contribution in [0.25, 0.3) is 0 Å². The van der Waals surface area contributed by atoms with Crippen LogP contribution >= 0.6 is 28.1 Å². The number of hydrogen-bond donors (Lipinski definition) is 2. The van der Waals surface area contributed by atoms with Crippen LogP contribution in [-0.2, 0) is 0 Å². The molecule has 1 heterocycles. The first-order valence-corrected chi connectivity index (χ1v) is 6.55. The SMILES string of the molecule is Cc1cc(Br)ccc1Nc1ccc(C(N)=S)cn1. The summed E-state index contributed by atoms with van der Waals surface area (Å²) in [5, 5.41) is 3.25. The van der Waals surface area contributed by atoms with Crippen molar-refractivity contribution >= 4 is 44.6 Å². The summed E-state index contributed by atoms with van der Waals surface area (Å²) in [5.74, 6) is 0.764. The number of nitrogens with zero attached hydrogens (tertiary/aromatic N) is 1. The van der Waals surface area contributed by atoms with Crippen LogP contribution in [0.15, 0.2) is 41.0 Å². The van der Waals surface area contributed by atoms with Crippen LogP contribution in [-0.4, -0.2) is 9.97 Å². The summed E-state index contributed by atoms with van der Waals surface area (Å²) in [4.78, 5) is 4.62. The molecular formula is C13H12BrN3S. The Morgan fingerprint density at radius 3 is 2.67 bits per heavy atom. The zero-order valence-corrected chi connectivity index (χ0v) is 12.2. The third-order valence-corrected chi connectivity index (χ3v) is 3.23. The summed E-state index contributed by atoms with van der Waals surface area (Å²) in [7, 11) is 0. The summed E-state index contributed by atoms with van der Waals surface area (Å²) in [5.41, 5.74) is 8.45. The van der Waals surface area contributed by atoms with Gasteiger partial charge in [-0.25, -0.2) is 4.98 Å². The number of rotatable bonds is 3. The number of anilines is 2. The Balaban J connectivity index is 2.21. The van der Waals surface area contributed by atoms with Crippen LogP contribution in [0, 0.1) is 6.92 Å². The summed E-state index contributed by atoms with van der Waals surface area (Å²) in [6.07, 6.45) is 1.67. The molecule has 0 spiro atoms. The largest absolute Gasteiger partial charge is 0.389 e. The molecule has 0 aliphatic heterocycles. The van der Waals surface area contributed by atoms with Crippen molar-refractivity contribution in [2.45, 2.75) is 6.92 Å². The second-order valence-corrected chi connectivity index (χ2v) is 5.24. The molecule has 3 N–H and O–H groups in total. The maximum absolute atomic E-state index is 5.52. The standard InChI is InChI=1S/C13H12BrN3S/c1-8-6-10(14)3-4-11(8)17-12-5-2-9(7-16-12)13(15)18/h2-7H,1H3,(H2,15,18)(H,16,17). The van der Waals surface area contributed by atoms with Crippen LogP contribution < -0.4 is 11.1 Å². The Hall–Kier alpha value is -1.46. The molecule has 0 aliphatic carbocycles. The van der Waals surface area contributed by atoms with Crippen molar-refractivity contribution in [1.29, 1.82) is 0 Å². The molecule has 0 atom stereocenters. The van der Waals surface area contributed by atoms with Crippen molar-refractivity contribution in [3.8, 4) is 0 Å². The van der Waals surface area contributed by atoms with Gasteiger partial charge in [0.05, 0.1) is 0 Å². The Labute approximate surface area is 120 Å². The van der Waals surface area contributed by atoms with Gasteiger partial charge >= 0.3 is 0 Å². The van der Waals surface area contributed by atoms with Crippen molar-refractivity contribution in [1.82, 2.24) is 4.98 Å². The smallest absolute Gasteiger partial charge is 0.130 e. The average molecular weight is 322 g/mol. The van der Waals surface area contributed by atoms with Crippen LogP contribution in [0.5, 0.6) is 0 Å². The fourth-order valence-corrected chi connectivity index (χ4v) is 2.12. The number of benzene rings is 1. The molecule has 0 radical (unpaired) electrons. The third kappa shape index (κ3) is 3.05. The fraction of sp³-hybridized carbons (Fsp3) is 0.0769. The number of aryl methyl sites for hydroxylation is 1. The Kier molecular flexibility index (Phi) is 3.93. The van der Waals surface area contributed by atoms with E-state index in [1.54, 1.807) is 6.20 Å². The molecule has 0 amide bonds. The normalized spacial score (nSPS) is 10.1. The van der Waals surface area contributed by atoms with Gasteiger partial charge in [0.25, 0.3) is 0 Å². The molecule has 2 rings (SSSR count). The Morgan fingerprint density at radius 1 is 1.33 bits per heavy atom. The molecule has 0 unspecified atom stereocenters. The predicted octanol–water partition coefficient (Wildman–Crippen LogP) is 3.53. The highest BCUT2D eigenvalue weighted by Gasteiger charge is 2.02. The van der Waals surface area contributed by atoms with E-state index in [9.17, 15) is 0 Å². The zero-order valence-electron chi connectivity index (χ0n) is 9.77. The number of aromatic nitrogens is 1. The lowest BCUT2D eigenvalue weighted by Gasteiger charge is -2.09. The number of pyridine rings is 1. The van der Waals surface area contributed by atoms with E-state index in [0.29, 0.717) is 4.99 Å². The third-order valence-electron chi connectivity index (χ3n) is 2.50. The first-order chi connectivity index (χ1) is 8.56. The Morgan fingerprint density at radius 2 is 2.11 bits per heavy atom. The maximum Gasteiger partial charge on any atom is 0.130 e. The number of nitrogens with one attached hydrogen (secondary N) is 1. The highest BCUT2D eigenvalue weighted by Crippen LogP contribution is 2.22. The van der Waals surface area contributed by atoms with E-state index in [4.69, 9.17) is 18.0 Å². The lowest BCUT2D eigenvalue weighted by Crippen LogP contribution is -2.09. The summed E-state index contributed by atoms with van der Waals surface area (Å²) >= 11 is 8.32. The van der Waals surface area contributed by atoms with E-state index in [1.807, 2.05) is 37.3 Å². The van der Waals surface area contributed by atoms with Gasteiger partial charge in [-0.3, -0.25) is 0 Å². The minimum atomic E-state index is 0.355. The van der Waals surface area contributed by atoms with E-state index in [1.165, 1.54) is 0 Å². The monoisotopic (exact) mass is 321 g/mol. The van der Waals surface area contributed by atoms with Gasteiger partial charge in [0.1, 0.15) is 10.8 Å². The quantitative estimate of drug-likeness (QED) is 0.849. The molecular weight excluding hydrogens is 310 g/mol. The van der Waals surface area contributed by atoms with Crippen LogP contribution in [0.4, 0.5) is 11.5 Å². The van der Waals surface area contributed by atoms with Crippen LogP contribution in [0.1, 0.15) is 11.1 Å². The van der Waals surface area contributed by atoms with Gasteiger partial charge in [-0.1, -0.05) is 28.1 Å². The fourth-order valence-electron chi connectivity index (χ4n) is 1.52. The molecule has 92 valence electrons. The second-order valence-electron chi connectivity index (χ2n) is 3.88. The van der Waals surface area contributed by atoms with Crippen molar-refractivity contribution in [2.75, 3.05) is 5.32 Å². The summed E-state index contributed by atoms with van der Waals surface area (Å²) < 4.78 is 1.06. The minimum Gasteiger partial charge on any atom is -0.389 e. The molecule has 0 bridgehead atoms. The van der Waals surface area contributed by atoms with Gasteiger partial charge in [0, 0.05) is 21.9 Å². The highest BCUT2D eigenvalue weighted by atomic mass is 79.9. The first kappa shape index (κ1) is 13.0. The van der Waals surface area contributed by atoms with Crippen LogP contribution in [0.3, 0.4) is 0 Å². The van der Waals surface area contributed by atoms with E-state index >= 15 is 0 Å². The lowest BCUT2D eigenvalue weighted by molar-refractivity contribution is 1.28. The van der Waals surface area contributed by atoms with Gasteiger partial charge in [-0.2, -0.15) is 0 Å². The summed E-state index contributed by atoms with van der Waals surface area (Å²) in [6, 6.07) is 9.74. The molecule has 0 saturated carbocycles. The minimum absolute atomic E-state index is 0.355. The highest BCUT2D eigenvalue weighted by molar-refractivity contribution is 9.10. The Bertz CT molecular complexity index is 581. The van der Waals surface area contributed by atoms with Gasteiger partial charge < -0.3 is 11.1 Å². The molecule has 3 nitrogen and oxygen atoms in total. The van der Waals surface area contributed by atoms with Crippen LogP contribution in [0.2, 0.25) is 0 Å². The lowest BCUT2D eigenvalue weighted by atomic mass is 10.2. The number of thiocarbonyl (C=S) groups is 1. The van der Waals surface area contributed by atoms with Crippen molar-refractivity contribution in [2.24, 2.45) is 5.73 Å². The van der Waals surface area contributed by atoms with E-state index < -0.39 is 0 Å². The van der Waals surface area contributed by atoms with E-state index in [2.05, 4.69) is 26.2 Å². The molecule has 1 aromatic carbocycles. The van der Waals surface area contributed by atoms with Gasteiger partial charge in [-0.05, 0) is 42.8 Å². The second kappa shape index (κ2) is 5.46. The summed E-state index contributed by atoms with van der Waals surface area (Å²) in [6.45, 7) is 2.04. The topological polar surface area (TPSA) is 50.9 Å². The number of halogens is 1. The number of nitrogens with two attached hydrogens (primary N) is 1. The van der Waals surface area contributed by atoms with E-state index in [0.717, 1.165) is 27.1 Å². The molecule has 0 saturated heterocycles. The molecule has 2 aromatic rings. The van der Waals surface area contributed by atoms with Gasteiger partial charge in [0.2, 0.25) is 0 Å². The van der Waals surface area contributed by atoms with E-state index in [-0.39, 0.29) is 0 Å². The van der Waals surface area contributed by atoms with Crippen molar-refractivity contribution < 1.29 is 0 Å². The van der Waals surface area contributed by atoms with Crippen molar-refractivity contribution in [3.63, 3.8) is 0 Å². The number of hydrogen-bond acceptors (Lipinski definition) is 3. The molecule has 5 heteroatoms. The molecule has 0 aliphatic rings.